The minimum Gasteiger partial charge on any atom is -0.360 e. The summed E-state index contributed by atoms with van der Waals surface area (Å²) in [6.45, 7) is 0. The quantitative estimate of drug-likeness (QED) is 0.642. The van der Waals surface area contributed by atoms with Crippen molar-refractivity contribution in [2.24, 2.45) is 0 Å². The molecule has 1 aromatic carbocycles. The van der Waals surface area contributed by atoms with Gasteiger partial charge in [0.25, 0.3) is 0 Å². The molecule has 1 saturated heterocycles. The maximum Gasteiger partial charge on any atom is 0.114 e. The monoisotopic (exact) mass is 246 g/mol. The van der Waals surface area contributed by atoms with E-state index in [0.29, 0.717) is 12.2 Å². The van der Waals surface area contributed by atoms with E-state index in [-0.39, 0.29) is 0 Å². The van der Waals surface area contributed by atoms with Crippen LogP contribution in [0.15, 0.2) is 34.8 Å². The first kappa shape index (κ1) is 7.43. The zero-order valence-corrected chi connectivity index (χ0v) is 8.91. The lowest BCUT2D eigenvalue weighted by Gasteiger charge is -2.28. The fourth-order valence-electron chi connectivity index (χ4n) is 2.42. The van der Waals surface area contributed by atoms with Crippen LogP contribution in [0.25, 0.3) is 11.1 Å². The predicted molar refractivity (Wildman–Crippen MR) is 58.9 cm³/mol. The maximum absolute atomic E-state index is 5.57. The third kappa shape index (κ3) is 0.711. The summed E-state index contributed by atoms with van der Waals surface area (Å²) in [6, 6.07) is 8.53. The van der Waals surface area contributed by atoms with Crippen molar-refractivity contribution >= 4 is 27.1 Å². The number of hydrogen-bond acceptors (Lipinski definition) is 1. The Morgan fingerprint density at radius 2 is 1.93 bits per heavy atom. The summed E-state index contributed by atoms with van der Waals surface area (Å²) in [7, 11) is 0. The highest BCUT2D eigenvalue weighted by Gasteiger charge is 2.49. The van der Waals surface area contributed by atoms with Crippen molar-refractivity contribution in [3.8, 4) is 0 Å². The molecule has 1 aromatic rings. The third-order valence-corrected chi connectivity index (χ3v) is 3.78. The molecule has 2 aliphatic carbocycles. The van der Waals surface area contributed by atoms with Gasteiger partial charge in [-0.05, 0) is 17.2 Å². The van der Waals surface area contributed by atoms with Gasteiger partial charge in [-0.1, -0.05) is 40.2 Å². The first-order valence-corrected chi connectivity index (χ1v) is 5.52. The molecule has 0 spiro atoms. The van der Waals surface area contributed by atoms with Gasteiger partial charge in [-0.25, -0.2) is 0 Å². The van der Waals surface area contributed by atoms with Crippen LogP contribution in [-0.2, 0) is 4.74 Å². The molecule has 2 atom stereocenters. The minimum absolute atomic E-state index is 0.330. The van der Waals surface area contributed by atoms with Gasteiger partial charge in [-0.15, -0.1) is 0 Å². The molecule has 2 heteroatoms. The van der Waals surface area contributed by atoms with Gasteiger partial charge in [-0.3, -0.25) is 0 Å². The molecule has 0 aromatic heterocycles. The van der Waals surface area contributed by atoms with E-state index < -0.39 is 0 Å². The van der Waals surface area contributed by atoms with Crippen LogP contribution in [-0.4, -0.2) is 12.2 Å². The number of allylic oxidation sites excluding steroid dienone is 2. The van der Waals surface area contributed by atoms with Crippen LogP contribution in [0.4, 0.5) is 0 Å². The lowest BCUT2D eigenvalue weighted by molar-refractivity contribution is 0.418. The Kier molecular flexibility index (Phi) is 1.17. The average molecular weight is 247 g/mol. The standard InChI is InChI=1S/C12H7BrO/c13-8-5-9-12(14-9)11-7-4-2-1-3-6(7)10(8)11/h1-5,9,12H. The molecular formula is C12H7BrO. The van der Waals surface area contributed by atoms with E-state index in [1.807, 2.05) is 0 Å². The second kappa shape index (κ2) is 2.20. The molecule has 0 radical (unpaired) electrons. The highest BCUT2D eigenvalue weighted by molar-refractivity contribution is 9.12. The molecule has 1 nitrogen and oxygen atoms in total. The van der Waals surface area contributed by atoms with E-state index in [9.17, 15) is 0 Å². The molecule has 68 valence electrons. The molecule has 4 rings (SSSR count). The van der Waals surface area contributed by atoms with Crippen LogP contribution >= 0.6 is 15.9 Å². The summed E-state index contributed by atoms with van der Waals surface area (Å²) < 4.78 is 6.77. The number of benzene rings is 1. The predicted octanol–water partition coefficient (Wildman–Crippen LogP) is 2.97. The first-order valence-electron chi connectivity index (χ1n) is 4.73. The van der Waals surface area contributed by atoms with Crippen LogP contribution in [0.1, 0.15) is 11.1 Å². The van der Waals surface area contributed by atoms with Gasteiger partial charge in [0, 0.05) is 15.6 Å². The Morgan fingerprint density at radius 3 is 2.79 bits per heavy atom. The van der Waals surface area contributed by atoms with Gasteiger partial charge >= 0.3 is 0 Å². The number of epoxide rings is 1. The van der Waals surface area contributed by atoms with Crippen LogP contribution in [0.3, 0.4) is 0 Å². The van der Waals surface area contributed by atoms with Crippen LogP contribution in [0.5, 0.6) is 0 Å². The highest BCUT2D eigenvalue weighted by atomic mass is 79.9. The van der Waals surface area contributed by atoms with Gasteiger partial charge < -0.3 is 4.74 Å². The molecule has 0 N–H and O–H groups in total. The van der Waals surface area contributed by atoms with E-state index in [1.165, 1.54) is 26.8 Å². The smallest absolute Gasteiger partial charge is 0.114 e. The average Bonchev–Trinajstić information content (AvgIpc) is 2.87. The largest absolute Gasteiger partial charge is 0.360 e. The molecule has 2 unspecified atom stereocenters. The van der Waals surface area contributed by atoms with Crippen LogP contribution in [0.2, 0.25) is 0 Å². The number of fused-ring (bicyclic) bond motifs is 5. The summed E-state index contributed by atoms with van der Waals surface area (Å²) >= 11 is 3.61. The van der Waals surface area contributed by atoms with E-state index >= 15 is 0 Å². The number of rotatable bonds is 0. The molecule has 3 aliphatic rings. The highest BCUT2D eigenvalue weighted by Crippen LogP contribution is 2.56. The molecule has 0 bridgehead atoms. The fourth-order valence-corrected chi connectivity index (χ4v) is 3.10. The van der Waals surface area contributed by atoms with Crippen molar-refractivity contribution in [2.45, 2.75) is 12.2 Å². The summed E-state index contributed by atoms with van der Waals surface area (Å²) in [5.74, 6) is 0. The van der Waals surface area contributed by atoms with Crippen molar-refractivity contribution < 1.29 is 4.74 Å². The van der Waals surface area contributed by atoms with Crippen LogP contribution < -0.4 is 0 Å². The Morgan fingerprint density at radius 1 is 1.14 bits per heavy atom. The maximum atomic E-state index is 5.57. The summed E-state index contributed by atoms with van der Waals surface area (Å²) in [4.78, 5) is 0. The molecular weight excluding hydrogens is 240 g/mol. The van der Waals surface area contributed by atoms with Crippen molar-refractivity contribution in [1.29, 1.82) is 0 Å². The minimum atomic E-state index is 0.330. The van der Waals surface area contributed by atoms with Gasteiger partial charge in [0.1, 0.15) is 12.2 Å². The Balaban J connectivity index is 1.98. The van der Waals surface area contributed by atoms with Crippen molar-refractivity contribution in [3.63, 3.8) is 0 Å². The molecule has 1 fully saturated rings. The Hall–Kier alpha value is -0.860. The molecule has 0 amide bonds. The second-order valence-electron chi connectivity index (χ2n) is 3.87. The zero-order valence-electron chi connectivity index (χ0n) is 7.33. The number of ether oxygens (including phenoxy) is 1. The van der Waals surface area contributed by atoms with Crippen molar-refractivity contribution in [2.75, 3.05) is 0 Å². The fraction of sp³-hybridized carbons (Fsp3) is 0.167. The molecule has 0 saturated carbocycles. The van der Waals surface area contributed by atoms with E-state index in [4.69, 9.17) is 4.74 Å². The number of halogens is 1. The summed E-state index contributed by atoms with van der Waals surface area (Å²) in [5.41, 5.74) is 5.50. The summed E-state index contributed by atoms with van der Waals surface area (Å²) in [6.07, 6.45) is 2.84. The number of hydrogen-bond donors (Lipinski definition) is 0. The topological polar surface area (TPSA) is 12.5 Å². The third-order valence-electron chi connectivity index (χ3n) is 3.12. The summed E-state index contributed by atoms with van der Waals surface area (Å²) in [5, 5.41) is 0. The molecule has 1 aliphatic heterocycles. The SMILES string of the molecule is BrC1=CC2OC2C2=C1c1ccccc12. The van der Waals surface area contributed by atoms with E-state index in [1.54, 1.807) is 0 Å². The van der Waals surface area contributed by atoms with Gasteiger partial charge in [0.2, 0.25) is 0 Å². The van der Waals surface area contributed by atoms with Crippen molar-refractivity contribution in [3.05, 3.63) is 46.0 Å². The first-order chi connectivity index (χ1) is 6.86. The van der Waals surface area contributed by atoms with Gasteiger partial charge in [0.15, 0.2) is 0 Å². The lowest BCUT2D eigenvalue weighted by Crippen LogP contribution is -2.15. The second-order valence-corrected chi connectivity index (χ2v) is 4.72. The molecule has 1 heterocycles. The normalized spacial score (nSPS) is 31.1. The lowest BCUT2D eigenvalue weighted by atomic mass is 9.76. The van der Waals surface area contributed by atoms with E-state index in [0.717, 1.165) is 0 Å². The van der Waals surface area contributed by atoms with Crippen LogP contribution in [0, 0.1) is 0 Å². The Labute approximate surface area is 90.2 Å². The molecule has 14 heavy (non-hydrogen) atoms. The Bertz CT molecular complexity index is 513. The van der Waals surface area contributed by atoms with Crippen molar-refractivity contribution in [1.82, 2.24) is 0 Å². The van der Waals surface area contributed by atoms with Gasteiger partial charge in [0.05, 0.1) is 0 Å². The van der Waals surface area contributed by atoms with Gasteiger partial charge in [-0.2, -0.15) is 0 Å². The zero-order chi connectivity index (χ0) is 9.28. The van der Waals surface area contributed by atoms with E-state index in [2.05, 4.69) is 46.3 Å².